The molecule has 0 saturated carbocycles. The quantitative estimate of drug-likeness (QED) is 0.335. The van der Waals surface area contributed by atoms with E-state index in [9.17, 15) is 0 Å². The summed E-state index contributed by atoms with van der Waals surface area (Å²) in [4.78, 5) is 0. The fraction of sp³-hybridized carbons (Fsp3) is 0.467. The Morgan fingerprint density at radius 1 is 1.24 bits per heavy atom. The van der Waals surface area contributed by atoms with Crippen molar-refractivity contribution in [2.75, 3.05) is 7.05 Å². The molecule has 1 aliphatic carbocycles. The molecule has 0 aromatic heterocycles. The van der Waals surface area contributed by atoms with Crippen LogP contribution in [0.1, 0.15) is 81.0 Å². The lowest BCUT2D eigenvalue weighted by atomic mass is 9.73. The number of rotatable bonds is 9. The van der Waals surface area contributed by atoms with E-state index >= 15 is 0 Å². The van der Waals surface area contributed by atoms with Crippen molar-refractivity contribution < 1.29 is 0 Å². The number of unbranched alkanes of at least 4 members (excludes halogenated alkanes) is 1. The number of fused-ring (bicyclic) bond motifs is 1. The number of allylic oxidation sites excluding steroid dienone is 2. The first-order valence-corrected chi connectivity index (χ1v) is 13.3. The van der Waals surface area contributed by atoms with Crippen molar-refractivity contribution in [2.24, 2.45) is 11.7 Å². The van der Waals surface area contributed by atoms with Crippen molar-refractivity contribution in [1.82, 2.24) is 5.32 Å². The van der Waals surface area contributed by atoms with Crippen LogP contribution in [0.25, 0.3) is 5.57 Å². The topological polar surface area (TPSA) is 38.0 Å². The number of nitrogens with one attached hydrogen (secondary N) is 1. The standard InChI is InChI=1S/C23H26BrN.C7H17N/c1-16-8-9-18-6-4-5-7-21(18)23(16)14-19-10-11-20(24)15-22(19)17(2)12-13-25-3;1-3-5-6-7(8)4-2/h4-7,10-13,15-16,23,25H,2,8-9,14H2,1,3H3;7H,3-6,8H2,1-2H3/b13-12-;/t16?,23-;/m1./s1. The minimum atomic E-state index is 0.454. The normalized spacial score (nSPS) is 18.2. The van der Waals surface area contributed by atoms with Crippen molar-refractivity contribution in [1.29, 1.82) is 0 Å². The summed E-state index contributed by atoms with van der Waals surface area (Å²) >= 11 is 3.61. The Morgan fingerprint density at radius 3 is 2.70 bits per heavy atom. The number of hydrogen-bond acceptors (Lipinski definition) is 2. The molecule has 0 fully saturated rings. The number of nitrogens with two attached hydrogens (primary N) is 1. The van der Waals surface area contributed by atoms with Gasteiger partial charge in [-0.1, -0.05) is 86.5 Å². The summed E-state index contributed by atoms with van der Waals surface area (Å²) in [6.45, 7) is 11.0. The highest BCUT2D eigenvalue weighted by atomic mass is 79.9. The minimum Gasteiger partial charge on any atom is -0.394 e. The molecule has 2 aromatic carbocycles. The van der Waals surface area contributed by atoms with Gasteiger partial charge in [-0.15, -0.1) is 0 Å². The molecular formula is C30H43BrN2. The van der Waals surface area contributed by atoms with E-state index in [1.807, 2.05) is 19.3 Å². The van der Waals surface area contributed by atoms with E-state index in [0.29, 0.717) is 17.9 Å². The Labute approximate surface area is 210 Å². The van der Waals surface area contributed by atoms with E-state index in [0.717, 1.165) is 22.9 Å². The molecule has 0 bridgehead atoms. The molecular weight excluding hydrogens is 468 g/mol. The molecule has 3 rings (SSSR count). The number of hydrogen-bond donors (Lipinski definition) is 2. The van der Waals surface area contributed by atoms with E-state index in [-0.39, 0.29) is 0 Å². The molecule has 2 unspecified atom stereocenters. The molecule has 0 heterocycles. The summed E-state index contributed by atoms with van der Waals surface area (Å²) in [5, 5.41) is 3.05. The minimum absolute atomic E-state index is 0.454. The lowest BCUT2D eigenvalue weighted by Crippen LogP contribution is -2.20. The molecule has 0 spiro atoms. The number of benzene rings is 2. The molecule has 0 saturated heterocycles. The third-order valence-electron chi connectivity index (χ3n) is 6.77. The number of halogens is 1. The molecule has 0 radical (unpaired) electrons. The summed E-state index contributed by atoms with van der Waals surface area (Å²) in [6, 6.07) is 16.0. The van der Waals surface area contributed by atoms with Gasteiger partial charge < -0.3 is 11.1 Å². The van der Waals surface area contributed by atoms with Gasteiger partial charge in [0.05, 0.1) is 0 Å². The summed E-state index contributed by atoms with van der Waals surface area (Å²) in [7, 11) is 1.91. The van der Waals surface area contributed by atoms with Gasteiger partial charge in [-0.25, -0.2) is 0 Å². The SMILES string of the molecule is C=C(/C=C\NC)c1cc(Br)ccc1C[C@H]1c2ccccc2CCC1C.CCCCC(N)CC. The first-order valence-electron chi connectivity index (χ1n) is 12.6. The lowest BCUT2D eigenvalue weighted by Gasteiger charge is -2.32. The van der Waals surface area contributed by atoms with Crippen molar-refractivity contribution >= 4 is 21.5 Å². The van der Waals surface area contributed by atoms with E-state index in [4.69, 9.17) is 5.73 Å². The second kappa shape index (κ2) is 14.4. The highest BCUT2D eigenvalue weighted by molar-refractivity contribution is 9.10. The summed E-state index contributed by atoms with van der Waals surface area (Å²) in [5.74, 6) is 1.28. The average Bonchev–Trinajstić information content (AvgIpc) is 2.84. The highest BCUT2D eigenvalue weighted by Crippen LogP contribution is 2.39. The summed E-state index contributed by atoms with van der Waals surface area (Å²) < 4.78 is 1.10. The van der Waals surface area contributed by atoms with Gasteiger partial charge in [-0.3, -0.25) is 0 Å². The van der Waals surface area contributed by atoms with E-state index < -0.39 is 0 Å². The monoisotopic (exact) mass is 510 g/mol. The molecule has 0 amide bonds. The first-order chi connectivity index (χ1) is 15.9. The van der Waals surface area contributed by atoms with Gasteiger partial charge >= 0.3 is 0 Å². The van der Waals surface area contributed by atoms with Crippen molar-refractivity contribution in [3.05, 3.63) is 88.0 Å². The molecule has 3 atom stereocenters. The van der Waals surface area contributed by atoms with Crippen LogP contribution in [0.2, 0.25) is 0 Å². The Hall–Kier alpha value is -1.84. The second-order valence-electron chi connectivity index (χ2n) is 9.28. The molecule has 3 heteroatoms. The van der Waals surface area contributed by atoms with Gasteiger partial charge in [-0.05, 0) is 96.2 Å². The van der Waals surface area contributed by atoms with Crippen LogP contribution >= 0.6 is 15.9 Å². The maximum atomic E-state index is 5.66. The maximum Gasteiger partial charge on any atom is 0.0181 e. The van der Waals surface area contributed by atoms with E-state index in [1.54, 1.807) is 0 Å². The van der Waals surface area contributed by atoms with Crippen molar-refractivity contribution in [3.63, 3.8) is 0 Å². The van der Waals surface area contributed by atoms with Gasteiger partial charge in [0.2, 0.25) is 0 Å². The van der Waals surface area contributed by atoms with E-state index in [2.05, 4.69) is 91.1 Å². The molecule has 1 aliphatic rings. The van der Waals surface area contributed by atoms with Gasteiger partial charge in [0, 0.05) is 17.6 Å². The second-order valence-corrected chi connectivity index (χ2v) is 10.2. The average molecular weight is 512 g/mol. The lowest BCUT2D eigenvalue weighted by molar-refractivity contribution is 0.400. The molecule has 2 aromatic rings. The fourth-order valence-corrected chi connectivity index (χ4v) is 4.89. The van der Waals surface area contributed by atoms with Gasteiger partial charge in [0.25, 0.3) is 0 Å². The molecule has 3 N–H and O–H groups in total. The zero-order chi connectivity index (χ0) is 24.2. The van der Waals surface area contributed by atoms with Crippen LogP contribution in [0.3, 0.4) is 0 Å². The van der Waals surface area contributed by atoms with Crippen LogP contribution in [0.15, 0.2) is 65.8 Å². The molecule has 33 heavy (non-hydrogen) atoms. The summed E-state index contributed by atoms with van der Waals surface area (Å²) in [6.07, 6.45) is 12.4. The smallest absolute Gasteiger partial charge is 0.0181 e. The zero-order valence-corrected chi connectivity index (χ0v) is 22.6. The van der Waals surface area contributed by atoms with Gasteiger partial charge in [-0.2, -0.15) is 0 Å². The zero-order valence-electron chi connectivity index (χ0n) is 21.0. The maximum absolute atomic E-state index is 5.66. The van der Waals surface area contributed by atoms with Crippen LogP contribution in [0, 0.1) is 5.92 Å². The summed E-state index contributed by atoms with van der Waals surface area (Å²) in [5.41, 5.74) is 12.4. The van der Waals surface area contributed by atoms with Crippen molar-refractivity contribution in [2.45, 2.75) is 77.7 Å². The largest absolute Gasteiger partial charge is 0.394 e. The van der Waals surface area contributed by atoms with Gasteiger partial charge in [0.1, 0.15) is 0 Å². The molecule has 180 valence electrons. The first kappa shape index (κ1) is 27.4. The van der Waals surface area contributed by atoms with Gasteiger partial charge in [0.15, 0.2) is 0 Å². The van der Waals surface area contributed by atoms with Crippen molar-refractivity contribution in [3.8, 4) is 0 Å². The number of aryl methyl sites for hydroxylation is 1. The Bertz CT molecular complexity index is 902. The molecule has 0 aliphatic heterocycles. The third kappa shape index (κ3) is 8.46. The predicted octanol–water partition coefficient (Wildman–Crippen LogP) is 8.02. The van der Waals surface area contributed by atoms with Crippen LogP contribution in [-0.2, 0) is 12.8 Å². The van der Waals surface area contributed by atoms with Crippen LogP contribution in [0.4, 0.5) is 0 Å². The fourth-order valence-electron chi connectivity index (χ4n) is 4.53. The predicted molar refractivity (Wildman–Crippen MR) is 150 cm³/mol. The van der Waals surface area contributed by atoms with Crippen LogP contribution in [-0.4, -0.2) is 13.1 Å². The Morgan fingerprint density at radius 2 is 2.00 bits per heavy atom. The van der Waals surface area contributed by atoms with Crippen LogP contribution in [0.5, 0.6) is 0 Å². The molecule has 2 nitrogen and oxygen atoms in total. The van der Waals surface area contributed by atoms with E-state index in [1.165, 1.54) is 54.4 Å². The highest BCUT2D eigenvalue weighted by Gasteiger charge is 2.27. The Balaban J connectivity index is 0.000000414. The van der Waals surface area contributed by atoms with Crippen LogP contribution < -0.4 is 11.1 Å². The third-order valence-corrected chi connectivity index (χ3v) is 7.27. The Kier molecular flexibility index (Phi) is 12.0.